The Balaban J connectivity index is 1.79. The van der Waals surface area contributed by atoms with Gasteiger partial charge in [-0.25, -0.2) is 0 Å². The Hall–Kier alpha value is -1.88. The summed E-state index contributed by atoms with van der Waals surface area (Å²) in [5, 5.41) is 4.11. The van der Waals surface area contributed by atoms with Crippen molar-refractivity contribution in [2.24, 2.45) is 0 Å². The fourth-order valence-electron chi connectivity index (χ4n) is 2.35. The monoisotopic (exact) mass is 319 g/mol. The highest BCUT2D eigenvalue weighted by molar-refractivity contribution is 7.21. The summed E-state index contributed by atoms with van der Waals surface area (Å²) in [6, 6.07) is 8.06. The Kier molecular flexibility index (Phi) is 5.95. The number of carbonyl (C=O) groups excluding carboxylic acids is 2. The predicted molar refractivity (Wildman–Crippen MR) is 89.4 cm³/mol. The Morgan fingerprint density at radius 3 is 2.68 bits per heavy atom. The molecule has 0 bridgehead atoms. The predicted octanol–water partition coefficient (Wildman–Crippen LogP) is 3.67. The number of fused-ring (bicyclic) bond motifs is 1. The number of ether oxygens (including phenoxy) is 1. The van der Waals surface area contributed by atoms with Crippen LogP contribution < -0.4 is 5.32 Å². The minimum atomic E-state index is -0.176. The standard InChI is InChI=1S/C17H21NO3S/c1-12-13-8-5-6-9-14(13)22-16(12)17(20)18-11-7-3-4-10-15(19)21-2/h5-6,8-9H,3-4,7,10-11H2,1-2H3,(H,18,20). The van der Waals surface area contributed by atoms with E-state index in [0.29, 0.717) is 13.0 Å². The molecule has 0 aliphatic heterocycles. The first-order valence-electron chi connectivity index (χ1n) is 7.46. The molecule has 118 valence electrons. The first-order valence-corrected chi connectivity index (χ1v) is 8.28. The molecule has 1 aromatic carbocycles. The molecule has 0 aliphatic carbocycles. The molecular weight excluding hydrogens is 298 g/mol. The largest absolute Gasteiger partial charge is 0.469 e. The topological polar surface area (TPSA) is 55.4 Å². The highest BCUT2D eigenvalue weighted by atomic mass is 32.1. The molecule has 1 aromatic heterocycles. The molecule has 0 radical (unpaired) electrons. The van der Waals surface area contributed by atoms with Crippen LogP contribution in [-0.4, -0.2) is 25.5 Å². The summed E-state index contributed by atoms with van der Waals surface area (Å²) < 4.78 is 5.73. The van der Waals surface area contributed by atoms with Gasteiger partial charge < -0.3 is 10.1 Å². The number of methoxy groups -OCH3 is 1. The van der Waals surface area contributed by atoms with Crippen LogP contribution in [-0.2, 0) is 9.53 Å². The van der Waals surface area contributed by atoms with Crippen LogP contribution in [0.25, 0.3) is 10.1 Å². The Morgan fingerprint density at radius 2 is 1.95 bits per heavy atom. The van der Waals surface area contributed by atoms with Crippen LogP contribution in [0, 0.1) is 6.92 Å². The van der Waals surface area contributed by atoms with Gasteiger partial charge in [0, 0.05) is 17.7 Å². The van der Waals surface area contributed by atoms with Crippen molar-refractivity contribution >= 4 is 33.3 Å². The molecule has 2 rings (SSSR count). The van der Waals surface area contributed by atoms with Crippen LogP contribution in [0.15, 0.2) is 24.3 Å². The first-order chi connectivity index (χ1) is 10.6. The molecule has 0 saturated carbocycles. The zero-order valence-electron chi connectivity index (χ0n) is 13.0. The van der Waals surface area contributed by atoms with Gasteiger partial charge in [-0.2, -0.15) is 0 Å². The van der Waals surface area contributed by atoms with Crippen LogP contribution in [0.4, 0.5) is 0 Å². The van der Waals surface area contributed by atoms with E-state index in [1.165, 1.54) is 18.4 Å². The quantitative estimate of drug-likeness (QED) is 0.626. The van der Waals surface area contributed by atoms with E-state index in [9.17, 15) is 9.59 Å². The van der Waals surface area contributed by atoms with Crippen LogP contribution >= 0.6 is 11.3 Å². The summed E-state index contributed by atoms with van der Waals surface area (Å²) in [5.74, 6) is -0.184. The molecule has 0 unspecified atom stereocenters. The maximum atomic E-state index is 12.2. The van der Waals surface area contributed by atoms with E-state index in [0.717, 1.165) is 39.8 Å². The molecule has 22 heavy (non-hydrogen) atoms. The molecule has 1 amide bonds. The van der Waals surface area contributed by atoms with Gasteiger partial charge in [-0.15, -0.1) is 11.3 Å². The van der Waals surface area contributed by atoms with Crippen molar-refractivity contribution < 1.29 is 14.3 Å². The Bertz CT molecular complexity index is 663. The van der Waals surface area contributed by atoms with Crippen LogP contribution in [0.2, 0.25) is 0 Å². The van der Waals surface area contributed by atoms with E-state index in [1.807, 2.05) is 31.2 Å². The third-order valence-corrected chi connectivity index (χ3v) is 4.89. The molecule has 2 aromatic rings. The molecule has 0 saturated heterocycles. The van der Waals surface area contributed by atoms with Gasteiger partial charge in [0.05, 0.1) is 12.0 Å². The molecular formula is C17H21NO3S. The first kappa shape index (κ1) is 16.5. The Labute approximate surface area is 134 Å². The lowest BCUT2D eigenvalue weighted by molar-refractivity contribution is -0.140. The van der Waals surface area contributed by atoms with E-state index in [-0.39, 0.29) is 11.9 Å². The summed E-state index contributed by atoms with van der Waals surface area (Å²) in [6.07, 6.45) is 3.01. The number of nitrogens with one attached hydrogen (secondary N) is 1. The highest BCUT2D eigenvalue weighted by Gasteiger charge is 2.14. The number of benzene rings is 1. The van der Waals surface area contributed by atoms with Crippen molar-refractivity contribution in [2.75, 3.05) is 13.7 Å². The number of unbranched alkanes of at least 4 members (excludes halogenated alkanes) is 2. The number of hydrogen-bond acceptors (Lipinski definition) is 4. The van der Waals surface area contributed by atoms with Gasteiger partial charge in [-0.1, -0.05) is 24.6 Å². The second-order valence-corrected chi connectivity index (χ2v) is 6.25. The lowest BCUT2D eigenvalue weighted by atomic mass is 10.1. The minimum absolute atomic E-state index is 0.00771. The van der Waals surface area contributed by atoms with Gasteiger partial charge in [0.15, 0.2) is 0 Å². The smallest absolute Gasteiger partial charge is 0.305 e. The molecule has 0 fully saturated rings. The number of carbonyl (C=O) groups is 2. The van der Waals surface area contributed by atoms with Crippen LogP contribution in [0.5, 0.6) is 0 Å². The van der Waals surface area contributed by atoms with Gasteiger partial charge >= 0.3 is 5.97 Å². The normalized spacial score (nSPS) is 10.6. The van der Waals surface area contributed by atoms with Crippen molar-refractivity contribution in [1.82, 2.24) is 5.32 Å². The molecule has 1 N–H and O–H groups in total. The average Bonchev–Trinajstić information content (AvgIpc) is 2.87. The van der Waals surface area contributed by atoms with Crippen molar-refractivity contribution in [3.8, 4) is 0 Å². The van der Waals surface area contributed by atoms with Crippen molar-refractivity contribution in [1.29, 1.82) is 0 Å². The molecule has 0 atom stereocenters. The van der Waals surface area contributed by atoms with E-state index in [1.54, 1.807) is 0 Å². The summed E-state index contributed by atoms with van der Waals surface area (Å²) >= 11 is 1.53. The number of amides is 1. The number of esters is 1. The molecule has 0 aliphatic rings. The van der Waals surface area contributed by atoms with Crippen molar-refractivity contribution in [3.05, 3.63) is 34.7 Å². The second kappa shape index (κ2) is 7.94. The molecule has 4 nitrogen and oxygen atoms in total. The summed E-state index contributed by atoms with van der Waals surface area (Å²) in [4.78, 5) is 24.0. The summed E-state index contributed by atoms with van der Waals surface area (Å²) in [6.45, 7) is 2.62. The lowest BCUT2D eigenvalue weighted by Crippen LogP contribution is -2.24. The summed E-state index contributed by atoms with van der Waals surface area (Å²) in [5.41, 5.74) is 1.05. The Morgan fingerprint density at radius 1 is 1.18 bits per heavy atom. The molecule has 0 spiro atoms. The average molecular weight is 319 g/mol. The zero-order chi connectivity index (χ0) is 15.9. The summed E-state index contributed by atoms with van der Waals surface area (Å²) in [7, 11) is 1.40. The minimum Gasteiger partial charge on any atom is -0.469 e. The van der Waals surface area contributed by atoms with Gasteiger partial charge in [-0.3, -0.25) is 9.59 Å². The number of aryl methyl sites for hydroxylation is 1. The second-order valence-electron chi connectivity index (χ2n) is 5.20. The van der Waals surface area contributed by atoms with Crippen molar-refractivity contribution in [2.45, 2.75) is 32.6 Å². The van der Waals surface area contributed by atoms with Gasteiger partial charge in [0.1, 0.15) is 0 Å². The fourth-order valence-corrected chi connectivity index (χ4v) is 3.47. The van der Waals surface area contributed by atoms with Gasteiger partial charge in [0.2, 0.25) is 0 Å². The molecule has 1 heterocycles. The van der Waals surface area contributed by atoms with E-state index >= 15 is 0 Å². The lowest BCUT2D eigenvalue weighted by Gasteiger charge is -2.04. The third kappa shape index (κ3) is 4.07. The van der Waals surface area contributed by atoms with Crippen LogP contribution in [0.1, 0.15) is 40.9 Å². The SMILES string of the molecule is COC(=O)CCCCCNC(=O)c1sc2ccccc2c1C. The maximum Gasteiger partial charge on any atom is 0.305 e. The number of thiophene rings is 1. The maximum absolute atomic E-state index is 12.2. The third-order valence-electron chi connectivity index (χ3n) is 3.62. The number of rotatable bonds is 7. The molecule has 5 heteroatoms. The van der Waals surface area contributed by atoms with E-state index < -0.39 is 0 Å². The van der Waals surface area contributed by atoms with Crippen molar-refractivity contribution in [3.63, 3.8) is 0 Å². The van der Waals surface area contributed by atoms with E-state index in [4.69, 9.17) is 0 Å². The fraction of sp³-hybridized carbons (Fsp3) is 0.412. The van der Waals surface area contributed by atoms with Crippen LogP contribution in [0.3, 0.4) is 0 Å². The van der Waals surface area contributed by atoms with E-state index in [2.05, 4.69) is 10.1 Å². The van der Waals surface area contributed by atoms with Gasteiger partial charge in [-0.05, 0) is 36.8 Å². The zero-order valence-corrected chi connectivity index (χ0v) is 13.8. The highest BCUT2D eigenvalue weighted by Crippen LogP contribution is 2.30. The van der Waals surface area contributed by atoms with Gasteiger partial charge in [0.25, 0.3) is 5.91 Å². The number of hydrogen-bond donors (Lipinski definition) is 1.